The second-order valence-corrected chi connectivity index (χ2v) is 6.72. The van der Waals surface area contributed by atoms with Crippen LogP contribution >= 0.6 is 23.2 Å². The van der Waals surface area contributed by atoms with E-state index < -0.39 is 5.60 Å². The van der Waals surface area contributed by atoms with Gasteiger partial charge in [0.1, 0.15) is 11.4 Å². The van der Waals surface area contributed by atoms with Crippen LogP contribution in [0.4, 0.5) is 5.82 Å². The zero-order chi connectivity index (χ0) is 18.4. The second-order valence-electron chi connectivity index (χ2n) is 5.68. The Hall–Kier alpha value is -2.07. The van der Waals surface area contributed by atoms with Gasteiger partial charge in [-0.15, -0.1) is 0 Å². The third kappa shape index (κ3) is 4.95. The van der Waals surface area contributed by atoms with Crippen molar-refractivity contribution in [2.24, 2.45) is 0 Å². The van der Waals surface area contributed by atoms with E-state index in [-0.39, 0.29) is 0 Å². The number of hydrogen-bond acceptors (Lipinski definition) is 3. The van der Waals surface area contributed by atoms with E-state index in [1.807, 2.05) is 6.07 Å². The van der Waals surface area contributed by atoms with Crippen LogP contribution in [0.1, 0.15) is 25.0 Å². The number of pyridine rings is 1. The molecule has 2 aromatic rings. The van der Waals surface area contributed by atoms with E-state index in [9.17, 15) is 5.11 Å². The number of aliphatic hydroxyl groups is 1. The summed E-state index contributed by atoms with van der Waals surface area (Å²) in [6.45, 7) is 7.30. The maximum absolute atomic E-state index is 11.1. The van der Waals surface area contributed by atoms with Crippen molar-refractivity contribution < 1.29 is 5.11 Å². The van der Waals surface area contributed by atoms with Gasteiger partial charge in [-0.25, -0.2) is 4.98 Å². The summed E-state index contributed by atoms with van der Waals surface area (Å²) in [6, 6.07) is 10.7. The molecule has 1 heterocycles. The number of anilines is 1. The molecule has 25 heavy (non-hydrogen) atoms. The minimum absolute atomic E-state index is 0.536. The van der Waals surface area contributed by atoms with Gasteiger partial charge in [0.05, 0.1) is 0 Å². The van der Waals surface area contributed by atoms with Gasteiger partial charge < -0.3 is 10.4 Å². The topological polar surface area (TPSA) is 45.2 Å². The lowest BCUT2D eigenvalue weighted by molar-refractivity contribution is 0.103. The Kier molecular flexibility index (Phi) is 6.43. The number of allylic oxidation sites excluding steroid dienone is 4. The fourth-order valence-corrected chi connectivity index (χ4v) is 2.52. The fourth-order valence-electron chi connectivity index (χ4n) is 2.33. The maximum Gasteiger partial charge on any atom is 0.136 e. The van der Waals surface area contributed by atoms with E-state index in [1.54, 1.807) is 68.6 Å². The van der Waals surface area contributed by atoms with E-state index in [1.165, 1.54) is 0 Å². The van der Waals surface area contributed by atoms with Crippen molar-refractivity contribution in [3.05, 3.63) is 94.3 Å². The standard InChI is InChI=1S/C20H20Cl2N2O/c1-4-17(12-7-14(2)21)24-19-18(6-5-13-23-19)20(3,25)15-8-10-16(22)11-9-15/h4-13,25H,1H2,2-3H3,(H,23,24)/b14-7+,17-12+. The van der Waals surface area contributed by atoms with Gasteiger partial charge in [-0.05, 0) is 55.8 Å². The van der Waals surface area contributed by atoms with Crippen molar-refractivity contribution in [1.29, 1.82) is 0 Å². The van der Waals surface area contributed by atoms with Crippen molar-refractivity contribution in [2.45, 2.75) is 19.4 Å². The van der Waals surface area contributed by atoms with Gasteiger partial charge in [0.2, 0.25) is 0 Å². The van der Waals surface area contributed by atoms with Crippen LogP contribution in [0.25, 0.3) is 0 Å². The monoisotopic (exact) mass is 374 g/mol. The first-order chi connectivity index (χ1) is 11.8. The third-order valence-electron chi connectivity index (χ3n) is 3.71. The number of nitrogens with one attached hydrogen (secondary N) is 1. The predicted molar refractivity (Wildman–Crippen MR) is 106 cm³/mol. The Balaban J connectivity index is 2.43. The molecular weight excluding hydrogens is 355 g/mol. The fraction of sp³-hybridized carbons (Fsp3) is 0.150. The molecule has 1 aromatic heterocycles. The molecule has 1 atom stereocenters. The van der Waals surface area contributed by atoms with Gasteiger partial charge in [0.25, 0.3) is 0 Å². The summed E-state index contributed by atoms with van der Waals surface area (Å²) < 4.78 is 0. The lowest BCUT2D eigenvalue weighted by atomic mass is 9.88. The average molecular weight is 375 g/mol. The molecule has 2 N–H and O–H groups in total. The molecule has 0 amide bonds. The van der Waals surface area contributed by atoms with E-state index in [4.69, 9.17) is 23.2 Å². The molecule has 0 aliphatic heterocycles. The summed E-state index contributed by atoms with van der Waals surface area (Å²) in [5.41, 5.74) is 0.822. The number of hydrogen-bond donors (Lipinski definition) is 2. The van der Waals surface area contributed by atoms with Crippen LogP contribution in [0.2, 0.25) is 5.02 Å². The molecule has 2 rings (SSSR count). The summed E-state index contributed by atoms with van der Waals surface area (Å²) in [4.78, 5) is 4.36. The van der Waals surface area contributed by atoms with Crippen molar-refractivity contribution >= 4 is 29.0 Å². The van der Waals surface area contributed by atoms with E-state index in [2.05, 4.69) is 16.9 Å². The molecule has 1 aromatic carbocycles. The van der Waals surface area contributed by atoms with Crippen molar-refractivity contribution in [1.82, 2.24) is 4.98 Å². The van der Waals surface area contributed by atoms with Crippen molar-refractivity contribution in [3.8, 4) is 0 Å². The van der Waals surface area contributed by atoms with Crippen LogP contribution in [0.3, 0.4) is 0 Å². The van der Waals surface area contributed by atoms with Gasteiger partial charge in [0, 0.05) is 27.5 Å². The molecule has 0 radical (unpaired) electrons. The van der Waals surface area contributed by atoms with Gasteiger partial charge in [0.15, 0.2) is 0 Å². The summed E-state index contributed by atoms with van der Waals surface area (Å²) in [7, 11) is 0. The minimum Gasteiger partial charge on any atom is -0.381 e. The number of aromatic nitrogens is 1. The molecule has 0 aliphatic carbocycles. The minimum atomic E-state index is -1.24. The number of nitrogens with zero attached hydrogens (tertiary/aromatic N) is 1. The Morgan fingerprint density at radius 1 is 1.24 bits per heavy atom. The highest BCUT2D eigenvalue weighted by atomic mass is 35.5. The van der Waals surface area contributed by atoms with Crippen LogP contribution in [-0.2, 0) is 5.60 Å². The van der Waals surface area contributed by atoms with Crippen LogP contribution in [-0.4, -0.2) is 10.1 Å². The predicted octanol–water partition coefficient (Wildman–Crippen LogP) is 5.62. The zero-order valence-electron chi connectivity index (χ0n) is 14.1. The highest BCUT2D eigenvalue weighted by molar-refractivity contribution is 6.30. The Morgan fingerprint density at radius 3 is 2.52 bits per heavy atom. The quantitative estimate of drug-likeness (QED) is 0.645. The molecule has 0 spiro atoms. The van der Waals surface area contributed by atoms with Crippen LogP contribution in [0.5, 0.6) is 0 Å². The molecule has 0 bridgehead atoms. The van der Waals surface area contributed by atoms with Gasteiger partial charge in [-0.3, -0.25) is 0 Å². The normalized spacial score (nSPS) is 14.8. The van der Waals surface area contributed by atoms with Gasteiger partial charge in [-0.2, -0.15) is 0 Å². The Morgan fingerprint density at radius 2 is 1.92 bits per heavy atom. The smallest absolute Gasteiger partial charge is 0.136 e. The molecule has 3 nitrogen and oxygen atoms in total. The molecule has 5 heteroatoms. The summed E-state index contributed by atoms with van der Waals surface area (Å²) in [6.07, 6.45) is 6.87. The molecule has 1 unspecified atom stereocenters. The Labute approximate surface area is 158 Å². The molecule has 130 valence electrons. The van der Waals surface area contributed by atoms with Gasteiger partial charge >= 0.3 is 0 Å². The van der Waals surface area contributed by atoms with E-state index in [0.717, 1.165) is 0 Å². The lowest BCUT2D eigenvalue weighted by Crippen LogP contribution is -2.24. The Bertz CT molecular complexity index is 805. The maximum atomic E-state index is 11.1. The van der Waals surface area contributed by atoms with Gasteiger partial charge in [-0.1, -0.05) is 48.0 Å². The molecule has 0 saturated heterocycles. The highest BCUT2D eigenvalue weighted by Crippen LogP contribution is 2.34. The number of rotatable bonds is 6. The number of halogens is 2. The molecular formula is C20H20Cl2N2O. The SMILES string of the molecule is C=C/C(=C\C=C(/C)Cl)Nc1ncccc1C(C)(O)c1ccc(Cl)cc1. The summed E-state index contributed by atoms with van der Waals surface area (Å²) >= 11 is 11.8. The van der Waals surface area contributed by atoms with E-state index >= 15 is 0 Å². The first kappa shape index (κ1) is 19.3. The van der Waals surface area contributed by atoms with Crippen LogP contribution < -0.4 is 5.32 Å². The highest BCUT2D eigenvalue weighted by Gasteiger charge is 2.29. The van der Waals surface area contributed by atoms with Crippen molar-refractivity contribution in [2.75, 3.05) is 5.32 Å². The molecule has 0 saturated carbocycles. The first-order valence-electron chi connectivity index (χ1n) is 7.72. The zero-order valence-corrected chi connectivity index (χ0v) is 15.6. The average Bonchev–Trinajstić information content (AvgIpc) is 2.59. The van der Waals surface area contributed by atoms with E-state index in [0.29, 0.717) is 32.7 Å². The molecule has 0 fully saturated rings. The molecule has 0 aliphatic rings. The number of benzene rings is 1. The third-order valence-corrected chi connectivity index (χ3v) is 4.09. The lowest BCUT2D eigenvalue weighted by Gasteiger charge is -2.26. The first-order valence-corrected chi connectivity index (χ1v) is 8.47. The van der Waals surface area contributed by atoms with Crippen molar-refractivity contribution in [3.63, 3.8) is 0 Å². The van der Waals surface area contributed by atoms with Crippen LogP contribution in [0, 0.1) is 0 Å². The largest absolute Gasteiger partial charge is 0.381 e. The summed E-state index contributed by atoms with van der Waals surface area (Å²) in [5.74, 6) is 0.536. The summed E-state index contributed by atoms with van der Waals surface area (Å²) in [5, 5.41) is 15.6. The van der Waals surface area contributed by atoms with Crippen LogP contribution in [0.15, 0.2) is 78.1 Å². The second kappa shape index (κ2) is 8.34.